The van der Waals surface area contributed by atoms with Crippen LogP contribution in [0.3, 0.4) is 0 Å². The number of phosphoric ester groups is 1. The highest BCUT2D eigenvalue weighted by molar-refractivity contribution is 7.45. The number of phosphoric acid groups is 1. The second kappa shape index (κ2) is 60.4. The van der Waals surface area contributed by atoms with Crippen molar-refractivity contribution in [1.29, 1.82) is 0 Å². The standard InChI is InChI=1S/C72H112NO8P/c1-6-8-10-12-14-16-18-20-22-24-26-27-28-29-30-31-32-33-34-35-36-37-38-39-40-41-42-43-44-45-47-49-51-53-55-57-59-61-63-65-72(75)81-70(69-80-82(76,77)79-67-66-73(3,4)5)68-78-71(74)64-62-60-58-56-54-52-50-48-46-25-23-21-19-17-15-13-11-9-7-2/h8-11,14-17,20-23,26-27,29-30,32-33,35-36,38-39,41-42,44-46,48-49,51,55,57,70H,6-7,12-13,18-19,24-25,28,31,34,37,40,43,47,50,52-54,56,58-69H2,1-5H3/b10-8-,11-9-,16-14-,17-15-,22-20-,23-21-,27-26-,30-29-,33-32-,36-35-,39-38-,42-41-,45-44-,48-46-,51-49-,57-55-. The minimum Gasteiger partial charge on any atom is -0.756 e. The van der Waals surface area contributed by atoms with Gasteiger partial charge in [-0.3, -0.25) is 14.2 Å². The van der Waals surface area contributed by atoms with Crippen LogP contribution in [0.2, 0.25) is 0 Å². The van der Waals surface area contributed by atoms with E-state index in [1.54, 1.807) is 0 Å². The van der Waals surface area contributed by atoms with Gasteiger partial charge in [0.05, 0.1) is 27.7 Å². The molecule has 0 spiro atoms. The molecule has 10 heteroatoms. The fraction of sp³-hybridized carbons (Fsp3) is 0.528. The second-order valence-corrected chi connectivity index (χ2v) is 22.4. The lowest BCUT2D eigenvalue weighted by Gasteiger charge is -2.28. The molecule has 2 atom stereocenters. The number of rotatable bonds is 54. The molecule has 0 aromatic rings. The van der Waals surface area contributed by atoms with Crippen molar-refractivity contribution in [2.24, 2.45) is 0 Å². The number of carbonyl (C=O) groups is 2. The van der Waals surface area contributed by atoms with Crippen molar-refractivity contribution in [3.05, 3.63) is 194 Å². The molecule has 9 nitrogen and oxygen atoms in total. The van der Waals surface area contributed by atoms with Gasteiger partial charge in [0, 0.05) is 12.8 Å². The van der Waals surface area contributed by atoms with Crippen LogP contribution >= 0.6 is 7.82 Å². The average molecular weight is 1150 g/mol. The van der Waals surface area contributed by atoms with E-state index in [1.165, 1.54) is 0 Å². The predicted molar refractivity (Wildman–Crippen MR) is 350 cm³/mol. The fourth-order valence-electron chi connectivity index (χ4n) is 7.39. The molecule has 458 valence electrons. The van der Waals surface area contributed by atoms with Crippen molar-refractivity contribution in [2.45, 2.75) is 200 Å². The summed E-state index contributed by atoms with van der Waals surface area (Å²) in [6.45, 7) is 3.90. The van der Waals surface area contributed by atoms with Crippen LogP contribution in [0.4, 0.5) is 0 Å². The number of hydrogen-bond acceptors (Lipinski definition) is 8. The lowest BCUT2D eigenvalue weighted by Crippen LogP contribution is -2.37. The lowest BCUT2D eigenvalue weighted by atomic mass is 10.1. The molecule has 82 heavy (non-hydrogen) atoms. The van der Waals surface area contributed by atoms with E-state index in [2.05, 4.69) is 208 Å². The van der Waals surface area contributed by atoms with E-state index in [0.717, 1.165) is 154 Å². The highest BCUT2D eigenvalue weighted by atomic mass is 31.2. The first-order valence-electron chi connectivity index (χ1n) is 31.1. The summed E-state index contributed by atoms with van der Waals surface area (Å²) < 4.78 is 34.1. The maximum atomic E-state index is 12.8. The maximum Gasteiger partial charge on any atom is 0.306 e. The summed E-state index contributed by atoms with van der Waals surface area (Å²) in [7, 11) is 1.09. The van der Waals surface area contributed by atoms with Gasteiger partial charge in [-0.05, 0) is 141 Å². The van der Waals surface area contributed by atoms with Crippen LogP contribution in [0.1, 0.15) is 194 Å². The molecule has 0 bridgehead atoms. The molecular formula is C72H112NO8P. The van der Waals surface area contributed by atoms with Crippen LogP contribution in [-0.4, -0.2) is 70.0 Å². The van der Waals surface area contributed by atoms with E-state index in [-0.39, 0.29) is 26.1 Å². The van der Waals surface area contributed by atoms with E-state index in [1.807, 2.05) is 21.1 Å². The molecule has 0 fully saturated rings. The zero-order chi connectivity index (χ0) is 59.8. The zero-order valence-electron chi connectivity index (χ0n) is 51.8. The Labute approximate surface area is 501 Å². The van der Waals surface area contributed by atoms with Crippen LogP contribution in [0.25, 0.3) is 0 Å². The monoisotopic (exact) mass is 1150 g/mol. The van der Waals surface area contributed by atoms with Crippen LogP contribution < -0.4 is 4.89 Å². The fourth-order valence-corrected chi connectivity index (χ4v) is 8.12. The quantitative estimate of drug-likeness (QED) is 0.0195. The molecule has 0 radical (unpaired) electrons. The average Bonchev–Trinajstić information content (AvgIpc) is 3.46. The van der Waals surface area contributed by atoms with Crippen LogP contribution in [0.15, 0.2) is 194 Å². The van der Waals surface area contributed by atoms with Gasteiger partial charge in [0.1, 0.15) is 19.8 Å². The molecule has 0 aliphatic carbocycles. The summed E-state index contributed by atoms with van der Waals surface area (Å²) in [5.41, 5.74) is 0. The van der Waals surface area contributed by atoms with Gasteiger partial charge in [0.2, 0.25) is 0 Å². The molecule has 0 aromatic heterocycles. The van der Waals surface area contributed by atoms with Crippen LogP contribution in [0, 0.1) is 0 Å². The number of unbranched alkanes of at least 4 members (excludes halogenated alkanes) is 8. The Morgan fingerprint density at radius 3 is 1.00 bits per heavy atom. The Hall–Kier alpha value is -5.15. The molecule has 0 aliphatic heterocycles. The summed E-state index contributed by atoms with van der Waals surface area (Å²) in [5, 5.41) is 0. The third kappa shape index (κ3) is 64.0. The molecule has 2 unspecified atom stereocenters. The predicted octanol–water partition coefficient (Wildman–Crippen LogP) is 19.5. The number of esters is 2. The summed E-state index contributed by atoms with van der Waals surface area (Å²) in [6.07, 6.45) is 94.9. The van der Waals surface area contributed by atoms with Crippen molar-refractivity contribution in [1.82, 2.24) is 0 Å². The van der Waals surface area contributed by atoms with E-state index >= 15 is 0 Å². The smallest absolute Gasteiger partial charge is 0.306 e. The van der Waals surface area contributed by atoms with Crippen molar-refractivity contribution in [3.8, 4) is 0 Å². The Bertz CT molecular complexity index is 2080. The number of quaternary nitrogens is 1. The molecule has 0 amide bonds. The molecule has 0 heterocycles. The Morgan fingerprint density at radius 2 is 0.659 bits per heavy atom. The molecule has 0 saturated heterocycles. The minimum atomic E-state index is -4.67. The topological polar surface area (TPSA) is 111 Å². The highest BCUT2D eigenvalue weighted by Gasteiger charge is 2.21. The number of hydrogen-bond donors (Lipinski definition) is 0. The molecule has 0 aromatic carbocycles. The van der Waals surface area contributed by atoms with E-state index in [0.29, 0.717) is 23.9 Å². The van der Waals surface area contributed by atoms with Crippen molar-refractivity contribution in [2.75, 3.05) is 47.5 Å². The number of carbonyl (C=O) groups excluding carboxylic acids is 2. The first-order valence-corrected chi connectivity index (χ1v) is 32.6. The highest BCUT2D eigenvalue weighted by Crippen LogP contribution is 2.38. The molecule has 0 saturated carbocycles. The van der Waals surface area contributed by atoms with Crippen LogP contribution in [-0.2, 0) is 32.7 Å². The van der Waals surface area contributed by atoms with E-state index < -0.39 is 32.5 Å². The molecule has 0 rings (SSSR count). The van der Waals surface area contributed by atoms with Crippen molar-refractivity contribution < 1.29 is 42.1 Å². The number of ether oxygens (including phenoxy) is 2. The van der Waals surface area contributed by atoms with Crippen molar-refractivity contribution in [3.63, 3.8) is 0 Å². The zero-order valence-corrected chi connectivity index (χ0v) is 52.7. The first kappa shape index (κ1) is 76.9. The Balaban J connectivity index is 4.29. The Morgan fingerprint density at radius 1 is 0.378 bits per heavy atom. The number of likely N-dealkylation sites (N-methyl/N-ethyl adjacent to an activating group) is 1. The lowest BCUT2D eigenvalue weighted by molar-refractivity contribution is -0.870. The van der Waals surface area contributed by atoms with Gasteiger partial charge in [0.15, 0.2) is 6.10 Å². The minimum absolute atomic E-state index is 0.0537. The molecule has 0 aliphatic rings. The van der Waals surface area contributed by atoms with E-state index in [9.17, 15) is 19.0 Å². The van der Waals surface area contributed by atoms with Gasteiger partial charge >= 0.3 is 11.9 Å². The third-order valence-electron chi connectivity index (χ3n) is 12.1. The van der Waals surface area contributed by atoms with E-state index in [4.69, 9.17) is 18.5 Å². The Kier molecular flexibility index (Phi) is 56.6. The van der Waals surface area contributed by atoms with Crippen LogP contribution in [0.5, 0.6) is 0 Å². The summed E-state index contributed by atoms with van der Waals surface area (Å²) in [6, 6.07) is 0. The van der Waals surface area contributed by atoms with Gasteiger partial charge in [-0.25, -0.2) is 0 Å². The normalized spacial score (nSPS) is 14.6. The van der Waals surface area contributed by atoms with Crippen molar-refractivity contribution >= 4 is 19.8 Å². The maximum absolute atomic E-state index is 12.8. The number of allylic oxidation sites excluding steroid dienone is 32. The summed E-state index contributed by atoms with van der Waals surface area (Å²) >= 11 is 0. The summed E-state index contributed by atoms with van der Waals surface area (Å²) in [5.74, 6) is -0.920. The largest absolute Gasteiger partial charge is 0.756 e. The van der Waals surface area contributed by atoms with Gasteiger partial charge in [-0.2, -0.15) is 0 Å². The number of nitrogens with zero attached hydrogens (tertiary/aromatic N) is 1. The summed E-state index contributed by atoms with van der Waals surface area (Å²) in [4.78, 5) is 37.9. The van der Waals surface area contributed by atoms with Gasteiger partial charge < -0.3 is 27.9 Å². The second-order valence-electron chi connectivity index (χ2n) is 20.9. The van der Waals surface area contributed by atoms with Gasteiger partial charge in [-0.15, -0.1) is 0 Å². The first-order chi connectivity index (χ1) is 40.0. The van der Waals surface area contributed by atoms with Gasteiger partial charge in [-0.1, -0.05) is 234 Å². The molecule has 0 N–H and O–H groups in total. The SMILES string of the molecule is CC/C=C\C/C=C\C/C=C\C/C=C\C/C=C\C/C=C\C/C=C\C/C=C\C/C=C\C/C=C\C/C=C\C/C=C\CCCCC(=O)OC(COC(=O)CCCCCCCC/C=C\C/C=C\C/C=C\C/C=C\CC)COP(=O)([O-])OCC[N+](C)(C)C. The van der Waals surface area contributed by atoms with Gasteiger partial charge in [0.25, 0.3) is 7.82 Å². The molecular weight excluding hydrogens is 1040 g/mol. The third-order valence-corrected chi connectivity index (χ3v) is 13.1.